The van der Waals surface area contributed by atoms with E-state index in [0.29, 0.717) is 12.8 Å². The van der Waals surface area contributed by atoms with Crippen LogP contribution in [-0.4, -0.2) is 27.9 Å². The Labute approximate surface area is 236 Å². The summed E-state index contributed by atoms with van der Waals surface area (Å²) < 4.78 is 11.7. The molecule has 0 bridgehead atoms. The van der Waals surface area contributed by atoms with E-state index in [-0.39, 0.29) is 12.1 Å². The first-order valence-corrected chi connectivity index (χ1v) is 16.8. The fourth-order valence-electron chi connectivity index (χ4n) is 4.85. The second kappa shape index (κ2) is 19.8. The lowest BCUT2D eigenvalue weighted by Crippen LogP contribution is -2.39. The Balaban J connectivity index is 1.62. The van der Waals surface area contributed by atoms with Crippen LogP contribution in [0.1, 0.15) is 102 Å². The van der Waals surface area contributed by atoms with Crippen LogP contribution in [0.4, 0.5) is 0 Å². The van der Waals surface area contributed by atoms with E-state index in [4.69, 9.17) is 0 Å². The van der Waals surface area contributed by atoms with E-state index in [2.05, 4.69) is 24.4 Å². The predicted molar refractivity (Wildman–Crippen MR) is 164 cm³/mol. The van der Waals surface area contributed by atoms with Crippen molar-refractivity contribution >= 4 is 13.5 Å². The Hall–Kier alpha value is -2.20. The first kappa shape index (κ1) is 33.0. The van der Waals surface area contributed by atoms with Gasteiger partial charge in [-0.2, -0.15) is 0 Å². The fraction of sp³-hybridized carbons (Fsp3) is 0.545. The predicted octanol–water partition coefficient (Wildman–Crippen LogP) is 8.60. The summed E-state index contributed by atoms with van der Waals surface area (Å²) >= 11 is 0. The summed E-state index contributed by atoms with van der Waals surface area (Å²) in [6, 6.07) is 17.4. The Morgan fingerprint density at radius 1 is 0.769 bits per heavy atom. The molecule has 1 atom stereocenters. The molecule has 0 aliphatic rings. The average molecular weight is 556 g/mol. The molecule has 0 heterocycles. The number of allylic oxidation sites excluding steroid dienone is 2. The minimum atomic E-state index is -4.26. The van der Waals surface area contributed by atoms with Crippen LogP contribution in [0.25, 0.3) is 11.1 Å². The molecule has 3 N–H and O–H groups in total. The summed E-state index contributed by atoms with van der Waals surface area (Å²) in [4.78, 5) is 31.6. The van der Waals surface area contributed by atoms with E-state index in [1.165, 1.54) is 57.8 Å². The van der Waals surface area contributed by atoms with Gasteiger partial charge in [-0.05, 0) is 55.2 Å². The van der Waals surface area contributed by atoms with Crippen molar-refractivity contribution in [3.8, 4) is 11.1 Å². The largest absolute Gasteiger partial charge is 0.352 e. The van der Waals surface area contributed by atoms with E-state index in [9.17, 15) is 19.1 Å². The molecule has 0 radical (unpaired) electrons. The fourth-order valence-corrected chi connectivity index (χ4v) is 5.65. The van der Waals surface area contributed by atoms with Crippen LogP contribution >= 0.6 is 7.60 Å². The maximum atomic E-state index is 12.5. The molecule has 6 heteroatoms. The SMILES string of the molecule is CCCCCCCCC=CCCCCCCCC(=O)N[C@H](Cc1ccc(-c2ccccc2)cc1)CP(=O)(O)O. The van der Waals surface area contributed by atoms with E-state index in [1.54, 1.807) is 0 Å². The lowest BCUT2D eigenvalue weighted by molar-refractivity contribution is -0.121. The van der Waals surface area contributed by atoms with Crippen molar-refractivity contribution in [1.29, 1.82) is 0 Å². The van der Waals surface area contributed by atoms with Gasteiger partial charge < -0.3 is 15.1 Å². The lowest BCUT2D eigenvalue weighted by atomic mass is 10.0. The van der Waals surface area contributed by atoms with Gasteiger partial charge in [0.1, 0.15) is 0 Å². The molecular formula is C33H50NO4P. The zero-order valence-electron chi connectivity index (χ0n) is 23.9. The summed E-state index contributed by atoms with van der Waals surface area (Å²) in [5.41, 5.74) is 3.14. The van der Waals surface area contributed by atoms with Gasteiger partial charge in [0.15, 0.2) is 0 Å². The number of hydrogen-bond acceptors (Lipinski definition) is 2. The van der Waals surface area contributed by atoms with Crippen LogP contribution in [0.2, 0.25) is 0 Å². The van der Waals surface area contributed by atoms with E-state index in [0.717, 1.165) is 42.4 Å². The topological polar surface area (TPSA) is 86.6 Å². The molecule has 216 valence electrons. The Morgan fingerprint density at radius 3 is 1.90 bits per heavy atom. The van der Waals surface area contributed by atoms with Gasteiger partial charge in [-0.25, -0.2) is 0 Å². The summed E-state index contributed by atoms with van der Waals surface area (Å²) in [5, 5.41) is 2.88. The number of benzene rings is 2. The number of carbonyl (C=O) groups excluding carboxylic acids is 1. The molecule has 0 aliphatic carbocycles. The van der Waals surface area contributed by atoms with Crippen molar-refractivity contribution in [1.82, 2.24) is 5.32 Å². The molecule has 0 aromatic heterocycles. The van der Waals surface area contributed by atoms with Crippen molar-refractivity contribution in [2.24, 2.45) is 0 Å². The van der Waals surface area contributed by atoms with Crippen LogP contribution < -0.4 is 5.32 Å². The number of carbonyl (C=O) groups is 1. The Morgan fingerprint density at radius 2 is 1.31 bits per heavy atom. The highest BCUT2D eigenvalue weighted by Gasteiger charge is 2.23. The number of unbranched alkanes of at least 4 members (excludes halogenated alkanes) is 11. The van der Waals surface area contributed by atoms with Crippen molar-refractivity contribution in [3.05, 3.63) is 72.3 Å². The molecule has 1 amide bonds. The van der Waals surface area contributed by atoms with Crippen molar-refractivity contribution in [2.75, 3.05) is 6.16 Å². The van der Waals surface area contributed by atoms with Crippen molar-refractivity contribution in [2.45, 2.75) is 109 Å². The summed E-state index contributed by atoms with van der Waals surface area (Å²) in [7, 11) is -4.26. The first-order chi connectivity index (χ1) is 18.9. The lowest BCUT2D eigenvalue weighted by Gasteiger charge is -2.20. The Kier molecular flexibility index (Phi) is 16.8. The molecule has 0 saturated heterocycles. The smallest absolute Gasteiger partial charge is 0.327 e. The second-order valence-corrected chi connectivity index (χ2v) is 12.4. The van der Waals surface area contributed by atoms with Crippen molar-refractivity contribution in [3.63, 3.8) is 0 Å². The Bertz CT molecular complexity index is 985. The van der Waals surface area contributed by atoms with E-state index in [1.807, 2.05) is 54.6 Å². The maximum Gasteiger partial charge on any atom is 0.327 e. The highest BCUT2D eigenvalue weighted by Crippen LogP contribution is 2.35. The number of hydrogen-bond donors (Lipinski definition) is 3. The molecule has 0 fully saturated rings. The van der Waals surface area contributed by atoms with Gasteiger partial charge in [0.05, 0.1) is 6.16 Å². The molecule has 0 unspecified atom stereocenters. The third kappa shape index (κ3) is 16.5. The van der Waals surface area contributed by atoms with Crippen LogP contribution in [0.15, 0.2) is 66.7 Å². The van der Waals surface area contributed by atoms with Gasteiger partial charge >= 0.3 is 7.60 Å². The maximum absolute atomic E-state index is 12.5. The molecule has 0 spiro atoms. The molecule has 2 aromatic carbocycles. The van der Waals surface area contributed by atoms with Gasteiger partial charge in [-0.15, -0.1) is 0 Å². The molecule has 39 heavy (non-hydrogen) atoms. The monoisotopic (exact) mass is 555 g/mol. The minimum Gasteiger partial charge on any atom is -0.352 e. The number of amides is 1. The highest BCUT2D eigenvalue weighted by molar-refractivity contribution is 7.51. The molecular weight excluding hydrogens is 505 g/mol. The standard InChI is InChI=1S/C33H50NO4P/c1-2-3-4-5-6-7-8-9-10-11-12-13-14-15-19-22-33(35)34-32(28-39(36,37)38)27-29-23-25-31(26-24-29)30-20-17-16-18-21-30/h9-10,16-18,20-21,23-26,32H,2-8,11-15,19,22,27-28H2,1H3,(H,34,35)(H2,36,37,38)/t32-/m1/s1. The zero-order valence-corrected chi connectivity index (χ0v) is 24.8. The van der Waals surface area contributed by atoms with E-state index < -0.39 is 13.6 Å². The minimum absolute atomic E-state index is 0.132. The number of rotatable bonds is 21. The number of nitrogens with one attached hydrogen (secondary N) is 1. The second-order valence-electron chi connectivity index (χ2n) is 10.7. The van der Waals surface area contributed by atoms with Gasteiger partial charge in [0.25, 0.3) is 0 Å². The summed E-state index contributed by atoms with van der Waals surface area (Å²) in [6.07, 6.45) is 20.7. The summed E-state index contributed by atoms with van der Waals surface area (Å²) in [6.45, 7) is 2.25. The van der Waals surface area contributed by atoms with Crippen LogP contribution in [-0.2, 0) is 15.8 Å². The van der Waals surface area contributed by atoms with Gasteiger partial charge in [0, 0.05) is 12.5 Å². The van der Waals surface area contributed by atoms with E-state index >= 15 is 0 Å². The first-order valence-electron chi connectivity index (χ1n) is 15.0. The average Bonchev–Trinajstić information content (AvgIpc) is 2.91. The van der Waals surface area contributed by atoms with Crippen LogP contribution in [0.5, 0.6) is 0 Å². The molecule has 0 saturated carbocycles. The molecule has 0 aliphatic heterocycles. The van der Waals surface area contributed by atoms with Crippen LogP contribution in [0, 0.1) is 0 Å². The normalized spacial score (nSPS) is 12.6. The molecule has 2 rings (SSSR count). The van der Waals surface area contributed by atoms with Crippen molar-refractivity contribution < 1.29 is 19.1 Å². The van der Waals surface area contributed by atoms with Gasteiger partial charge in [0.2, 0.25) is 5.91 Å². The van der Waals surface area contributed by atoms with Gasteiger partial charge in [-0.1, -0.05) is 125 Å². The van der Waals surface area contributed by atoms with Gasteiger partial charge in [-0.3, -0.25) is 9.36 Å². The summed E-state index contributed by atoms with van der Waals surface area (Å²) in [5.74, 6) is -0.132. The van der Waals surface area contributed by atoms with Crippen LogP contribution in [0.3, 0.4) is 0 Å². The highest BCUT2D eigenvalue weighted by atomic mass is 31.2. The quantitative estimate of drug-likeness (QED) is 0.0818. The molecule has 2 aromatic rings. The third-order valence-corrected chi connectivity index (χ3v) is 7.95. The third-order valence-electron chi connectivity index (χ3n) is 7.03. The molecule has 5 nitrogen and oxygen atoms in total. The zero-order chi connectivity index (χ0) is 28.2.